The molecule has 3 heterocycles. The number of rotatable bonds is 1. The number of alkyl halides is 3. The van der Waals surface area contributed by atoms with E-state index in [0.717, 1.165) is 4.57 Å². The summed E-state index contributed by atoms with van der Waals surface area (Å²) in [6.45, 7) is 0. The summed E-state index contributed by atoms with van der Waals surface area (Å²) in [5, 5.41) is 0. The summed E-state index contributed by atoms with van der Waals surface area (Å²) in [4.78, 5) is 25.3. The van der Waals surface area contributed by atoms with E-state index in [4.69, 9.17) is 0 Å². The molecule has 6 atom stereocenters. The van der Waals surface area contributed by atoms with Crippen LogP contribution in [0.5, 0.6) is 0 Å². The number of aromatic nitrogens is 3. The molecule has 6 unspecified atom stereocenters. The van der Waals surface area contributed by atoms with E-state index in [9.17, 15) is 9.59 Å². The number of hydrogen-bond donors (Lipinski definition) is 0. The van der Waals surface area contributed by atoms with Crippen molar-refractivity contribution in [2.45, 2.75) is 27.4 Å². The minimum Gasteiger partial charge on any atom is -0.245 e. The molecule has 0 saturated heterocycles. The van der Waals surface area contributed by atoms with Gasteiger partial charge in [-0.25, -0.2) is 27.9 Å². The second kappa shape index (κ2) is 4.60. The lowest BCUT2D eigenvalue weighted by Crippen LogP contribution is -2.73. The van der Waals surface area contributed by atoms with Crippen LogP contribution in [0.1, 0.15) is 12.1 Å². The zero-order chi connectivity index (χ0) is 16.8. The molecule has 8 heteroatoms. The van der Waals surface area contributed by atoms with Crippen LogP contribution in [0.4, 0.5) is 4.39 Å². The van der Waals surface area contributed by atoms with E-state index < -0.39 is 34.0 Å². The van der Waals surface area contributed by atoms with Crippen LogP contribution < -0.4 is 11.4 Å². The van der Waals surface area contributed by atoms with Crippen LogP contribution in [0.2, 0.25) is 0 Å². The first-order valence-electron chi connectivity index (χ1n) is 7.64. The van der Waals surface area contributed by atoms with Crippen molar-refractivity contribution in [1.29, 1.82) is 0 Å². The van der Waals surface area contributed by atoms with Gasteiger partial charge in [0, 0.05) is 10.7 Å². The molecule has 0 radical (unpaired) electrons. The van der Waals surface area contributed by atoms with Gasteiger partial charge in [0.1, 0.15) is 6.04 Å². The van der Waals surface area contributed by atoms with E-state index in [1.807, 2.05) is 12.1 Å². The molecule has 1 aromatic heterocycles. The molecule has 0 N–H and O–H groups in total. The molecule has 4 aliphatic rings. The molecule has 2 bridgehead atoms. The van der Waals surface area contributed by atoms with Crippen molar-refractivity contribution in [3.8, 4) is 5.69 Å². The number of benzene rings is 1. The summed E-state index contributed by atoms with van der Waals surface area (Å²) in [6, 6.07) is 7.49. The van der Waals surface area contributed by atoms with Crippen molar-refractivity contribution in [3.05, 3.63) is 63.5 Å². The molecule has 24 heavy (non-hydrogen) atoms. The molecule has 2 aliphatic heterocycles. The van der Waals surface area contributed by atoms with Crippen LogP contribution in [0, 0.1) is 5.92 Å². The Morgan fingerprint density at radius 3 is 2.38 bits per heavy atom. The monoisotopic (exact) mass is 455 g/mol. The molecule has 0 spiro atoms. The maximum Gasteiger partial charge on any atom is 0.352 e. The highest BCUT2D eigenvalue weighted by atomic mass is 79.9. The van der Waals surface area contributed by atoms with Crippen LogP contribution in [0.25, 0.3) is 5.69 Å². The average Bonchev–Trinajstić information content (AvgIpc) is 2.88. The molecule has 5 nitrogen and oxygen atoms in total. The summed E-state index contributed by atoms with van der Waals surface area (Å²) in [5.41, 5.74) is -2.01. The van der Waals surface area contributed by atoms with Crippen molar-refractivity contribution in [3.63, 3.8) is 0 Å². The lowest BCUT2D eigenvalue weighted by molar-refractivity contribution is -0.0929. The Labute approximate surface area is 152 Å². The number of allylic oxidation sites excluding steroid dienone is 2. The predicted octanol–water partition coefficient (Wildman–Crippen LogP) is 2.33. The third-order valence-corrected chi connectivity index (χ3v) is 8.51. The van der Waals surface area contributed by atoms with Gasteiger partial charge in [0.2, 0.25) is 0 Å². The Bertz CT molecular complexity index is 995. The Morgan fingerprint density at radius 2 is 1.67 bits per heavy atom. The van der Waals surface area contributed by atoms with Crippen molar-refractivity contribution < 1.29 is 4.39 Å². The molecule has 0 amide bonds. The smallest absolute Gasteiger partial charge is 0.245 e. The van der Waals surface area contributed by atoms with E-state index in [1.54, 1.807) is 30.3 Å². The quantitative estimate of drug-likeness (QED) is 0.488. The normalized spacial score (nSPS) is 38.5. The molecule has 2 aliphatic carbocycles. The highest BCUT2D eigenvalue weighted by Crippen LogP contribution is 2.64. The summed E-state index contributed by atoms with van der Waals surface area (Å²) in [6.07, 6.45) is 3.56. The van der Waals surface area contributed by atoms with Crippen LogP contribution in [-0.4, -0.2) is 29.3 Å². The summed E-state index contributed by atoms with van der Waals surface area (Å²) >= 11 is 6.93. The predicted molar refractivity (Wildman–Crippen MR) is 94.3 cm³/mol. The maximum absolute atomic E-state index is 15.7. The highest BCUT2D eigenvalue weighted by Gasteiger charge is 2.72. The van der Waals surface area contributed by atoms with Crippen LogP contribution in [0.15, 0.2) is 52.1 Å². The Balaban J connectivity index is 1.81. The third kappa shape index (κ3) is 1.46. The molecular weight excluding hydrogens is 445 g/mol. The van der Waals surface area contributed by atoms with E-state index in [1.165, 1.54) is 9.36 Å². The first-order valence-corrected chi connectivity index (χ1v) is 9.48. The van der Waals surface area contributed by atoms with Gasteiger partial charge in [-0.05, 0) is 12.1 Å². The van der Waals surface area contributed by atoms with Gasteiger partial charge in [0.25, 0.3) is 0 Å². The molecular formula is C16H12Br2FN3O2. The van der Waals surface area contributed by atoms with Crippen molar-refractivity contribution in [1.82, 2.24) is 13.9 Å². The van der Waals surface area contributed by atoms with Crippen molar-refractivity contribution in [2.24, 2.45) is 5.92 Å². The fraction of sp³-hybridized carbons (Fsp3) is 0.375. The van der Waals surface area contributed by atoms with E-state index >= 15 is 4.39 Å². The molecule has 1 fully saturated rings. The number of nitrogens with zero attached hydrogens (tertiary/aromatic N) is 3. The van der Waals surface area contributed by atoms with Gasteiger partial charge in [-0.2, -0.15) is 0 Å². The van der Waals surface area contributed by atoms with Gasteiger partial charge in [0.15, 0.2) is 5.67 Å². The van der Waals surface area contributed by atoms with Crippen LogP contribution in [-0.2, 0) is 0 Å². The number of hydrogen-bond acceptors (Lipinski definition) is 2. The Morgan fingerprint density at radius 1 is 1.00 bits per heavy atom. The largest absolute Gasteiger partial charge is 0.352 e. The summed E-state index contributed by atoms with van der Waals surface area (Å²) in [7, 11) is 0. The first-order chi connectivity index (χ1) is 11.5. The molecule has 2 aromatic rings. The SMILES string of the molecule is O=c1n(-c2ccccc2)c(=O)n2n1C1C=CC2C2(F)C(Br)C(Br)C12. The van der Waals surface area contributed by atoms with Crippen molar-refractivity contribution >= 4 is 31.9 Å². The van der Waals surface area contributed by atoms with Crippen LogP contribution >= 0.6 is 31.9 Å². The highest BCUT2D eigenvalue weighted by molar-refractivity contribution is 9.12. The minimum atomic E-state index is -1.58. The zero-order valence-electron chi connectivity index (χ0n) is 12.2. The number of halogens is 3. The third-order valence-electron chi connectivity index (χ3n) is 5.44. The maximum atomic E-state index is 15.7. The van der Waals surface area contributed by atoms with E-state index in [2.05, 4.69) is 31.9 Å². The molecule has 124 valence electrons. The molecule has 6 rings (SSSR count). The first kappa shape index (κ1) is 14.9. The van der Waals surface area contributed by atoms with Crippen molar-refractivity contribution in [2.75, 3.05) is 0 Å². The minimum absolute atomic E-state index is 0.0872. The zero-order valence-corrected chi connectivity index (χ0v) is 15.4. The Kier molecular flexibility index (Phi) is 2.86. The molecule has 1 saturated carbocycles. The number of para-hydroxylation sites is 1. The Hall–Kier alpha value is -1.41. The lowest BCUT2D eigenvalue weighted by atomic mass is 9.59. The van der Waals surface area contributed by atoms with E-state index in [0.29, 0.717) is 5.69 Å². The summed E-state index contributed by atoms with van der Waals surface area (Å²) in [5.74, 6) is -0.374. The van der Waals surface area contributed by atoms with Crippen LogP contribution in [0.3, 0.4) is 0 Å². The fourth-order valence-corrected chi connectivity index (χ4v) is 6.36. The van der Waals surface area contributed by atoms with Gasteiger partial charge < -0.3 is 0 Å². The lowest BCUT2D eigenvalue weighted by Gasteiger charge is -2.61. The second-order valence-corrected chi connectivity index (χ2v) is 8.49. The summed E-state index contributed by atoms with van der Waals surface area (Å²) < 4.78 is 19.5. The van der Waals surface area contributed by atoms with Gasteiger partial charge in [-0.15, -0.1) is 0 Å². The van der Waals surface area contributed by atoms with Gasteiger partial charge >= 0.3 is 11.4 Å². The standard InChI is InChI=1S/C16H12Br2FN3O2/c17-12-11-9-6-7-10(16(11,19)13(12)18)22-15(24)20(14(23)21(9)22)8-4-2-1-3-5-8/h1-7,9-13H. The second-order valence-electron chi connectivity index (χ2n) is 6.44. The van der Waals surface area contributed by atoms with Gasteiger partial charge in [-0.3, -0.25) is 0 Å². The topological polar surface area (TPSA) is 48.9 Å². The van der Waals surface area contributed by atoms with E-state index in [-0.39, 0.29) is 10.7 Å². The average molecular weight is 457 g/mol. The van der Waals surface area contributed by atoms with Gasteiger partial charge in [-0.1, -0.05) is 62.2 Å². The molecule has 1 aromatic carbocycles. The fourth-order valence-electron chi connectivity index (χ4n) is 4.33. The van der Waals surface area contributed by atoms with Gasteiger partial charge in [0.05, 0.1) is 16.6 Å².